The molecule has 4 heteroatoms. The summed E-state index contributed by atoms with van der Waals surface area (Å²) in [6, 6.07) is 19.8. The summed E-state index contributed by atoms with van der Waals surface area (Å²) in [6.45, 7) is 1.07. The molecule has 0 bridgehead atoms. The third-order valence-electron chi connectivity index (χ3n) is 3.23. The second kappa shape index (κ2) is 11.2. The standard InChI is InChI=1S/C11H11NO2.C10H11N/c1-12(9-5-8-11(13)14)10-6-3-2-4-7-10;1-3-9-11(2)10-7-5-4-6-8-10/h2-4,6-7H,9H2,1H3,(H,13,14);1,4-8H,9H2,2H3. The summed E-state index contributed by atoms with van der Waals surface area (Å²) >= 11 is 0. The van der Waals surface area contributed by atoms with Crippen molar-refractivity contribution in [3.63, 3.8) is 0 Å². The van der Waals surface area contributed by atoms with Gasteiger partial charge in [-0.1, -0.05) is 48.2 Å². The zero-order chi connectivity index (χ0) is 18.5. The summed E-state index contributed by atoms with van der Waals surface area (Å²) < 4.78 is 0. The van der Waals surface area contributed by atoms with Gasteiger partial charge in [0.1, 0.15) is 0 Å². The number of benzene rings is 2. The van der Waals surface area contributed by atoms with E-state index in [1.807, 2.05) is 84.6 Å². The highest BCUT2D eigenvalue weighted by molar-refractivity contribution is 5.86. The SMILES string of the molecule is C#CCN(C)c1ccccc1.CN(CC#CC(=O)O)c1ccccc1. The first-order valence-electron chi connectivity index (χ1n) is 7.72. The van der Waals surface area contributed by atoms with Crippen molar-refractivity contribution in [2.24, 2.45) is 0 Å². The number of carbonyl (C=O) groups is 1. The lowest BCUT2D eigenvalue weighted by Gasteiger charge is -2.15. The molecule has 0 spiro atoms. The Labute approximate surface area is 149 Å². The molecular formula is C21H22N2O2. The van der Waals surface area contributed by atoms with Gasteiger partial charge < -0.3 is 14.9 Å². The lowest BCUT2D eigenvalue weighted by atomic mass is 10.3. The van der Waals surface area contributed by atoms with Crippen LogP contribution in [0, 0.1) is 24.2 Å². The van der Waals surface area contributed by atoms with Gasteiger partial charge in [0.2, 0.25) is 0 Å². The number of hydrogen-bond donors (Lipinski definition) is 1. The van der Waals surface area contributed by atoms with Gasteiger partial charge in [-0.25, -0.2) is 4.79 Å². The first kappa shape index (κ1) is 19.7. The van der Waals surface area contributed by atoms with E-state index >= 15 is 0 Å². The Morgan fingerprint density at radius 2 is 1.36 bits per heavy atom. The fourth-order valence-corrected chi connectivity index (χ4v) is 1.92. The van der Waals surface area contributed by atoms with Crippen molar-refractivity contribution < 1.29 is 9.90 Å². The predicted octanol–water partition coefficient (Wildman–Crippen LogP) is 2.97. The summed E-state index contributed by atoms with van der Waals surface area (Å²) in [5.41, 5.74) is 2.18. The van der Waals surface area contributed by atoms with Gasteiger partial charge >= 0.3 is 5.97 Å². The normalized spacial score (nSPS) is 8.68. The molecule has 0 aliphatic rings. The highest BCUT2D eigenvalue weighted by Gasteiger charge is 1.96. The molecule has 4 nitrogen and oxygen atoms in total. The molecule has 0 saturated heterocycles. The molecule has 1 N–H and O–H groups in total. The number of terminal acetylenes is 1. The molecule has 25 heavy (non-hydrogen) atoms. The minimum Gasteiger partial charge on any atom is -0.472 e. The Balaban J connectivity index is 0.000000257. The average molecular weight is 334 g/mol. The van der Waals surface area contributed by atoms with Crippen LogP contribution in [0.15, 0.2) is 60.7 Å². The fourth-order valence-electron chi connectivity index (χ4n) is 1.92. The van der Waals surface area contributed by atoms with Crippen LogP contribution in [0.25, 0.3) is 0 Å². The minimum absolute atomic E-state index is 0.413. The zero-order valence-corrected chi connectivity index (χ0v) is 14.5. The molecule has 2 aromatic rings. The molecule has 0 atom stereocenters. The van der Waals surface area contributed by atoms with Gasteiger partial charge in [-0.3, -0.25) is 0 Å². The zero-order valence-electron chi connectivity index (χ0n) is 14.5. The summed E-state index contributed by atoms with van der Waals surface area (Å²) in [5.74, 6) is 6.13. The molecule has 0 amide bonds. The number of para-hydroxylation sites is 2. The second-order valence-corrected chi connectivity index (χ2v) is 5.19. The van der Waals surface area contributed by atoms with Crippen molar-refractivity contribution in [2.75, 3.05) is 37.0 Å². The molecule has 2 aromatic carbocycles. The number of hydrogen-bond acceptors (Lipinski definition) is 3. The van der Waals surface area contributed by atoms with Crippen LogP contribution in [0.4, 0.5) is 11.4 Å². The second-order valence-electron chi connectivity index (χ2n) is 5.19. The number of carboxylic acid groups (broad SMARTS) is 1. The van der Waals surface area contributed by atoms with E-state index in [9.17, 15) is 4.79 Å². The number of nitrogens with zero attached hydrogens (tertiary/aromatic N) is 2. The molecular weight excluding hydrogens is 312 g/mol. The molecule has 0 saturated carbocycles. The van der Waals surface area contributed by atoms with Crippen molar-refractivity contribution in [3.05, 3.63) is 60.7 Å². The van der Waals surface area contributed by atoms with Crippen LogP contribution in [-0.2, 0) is 4.79 Å². The fraction of sp³-hybridized carbons (Fsp3) is 0.190. The van der Waals surface area contributed by atoms with Crippen LogP contribution in [-0.4, -0.2) is 38.3 Å². The lowest BCUT2D eigenvalue weighted by molar-refractivity contribution is -0.130. The van der Waals surface area contributed by atoms with Crippen LogP contribution in [0.5, 0.6) is 0 Å². The maximum atomic E-state index is 10.1. The van der Waals surface area contributed by atoms with E-state index in [0.717, 1.165) is 11.4 Å². The first-order valence-corrected chi connectivity index (χ1v) is 7.72. The van der Waals surface area contributed by atoms with E-state index in [1.165, 1.54) is 0 Å². The number of aliphatic carboxylic acids is 1. The number of anilines is 2. The van der Waals surface area contributed by atoms with E-state index in [1.54, 1.807) is 0 Å². The van der Waals surface area contributed by atoms with E-state index in [2.05, 4.69) is 17.8 Å². The van der Waals surface area contributed by atoms with Gasteiger partial charge in [0.05, 0.1) is 13.1 Å². The van der Waals surface area contributed by atoms with Crippen LogP contribution in [0.3, 0.4) is 0 Å². The van der Waals surface area contributed by atoms with Crippen molar-refractivity contribution in [1.82, 2.24) is 0 Å². The number of rotatable bonds is 4. The van der Waals surface area contributed by atoms with Crippen LogP contribution >= 0.6 is 0 Å². The van der Waals surface area contributed by atoms with Gasteiger partial charge in [-0.2, -0.15) is 0 Å². The smallest absolute Gasteiger partial charge is 0.381 e. The average Bonchev–Trinajstić information content (AvgIpc) is 2.63. The number of carboxylic acids is 1. The summed E-state index contributed by atoms with van der Waals surface area (Å²) in [4.78, 5) is 14.0. The Morgan fingerprint density at radius 3 is 1.76 bits per heavy atom. The van der Waals surface area contributed by atoms with Crippen LogP contribution in [0.1, 0.15) is 0 Å². The molecule has 0 aliphatic heterocycles. The van der Waals surface area contributed by atoms with Gasteiger partial charge in [0.25, 0.3) is 0 Å². The Bertz CT molecular complexity index is 740. The van der Waals surface area contributed by atoms with E-state index < -0.39 is 5.97 Å². The van der Waals surface area contributed by atoms with Crippen molar-refractivity contribution in [1.29, 1.82) is 0 Å². The highest BCUT2D eigenvalue weighted by atomic mass is 16.4. The highest BCUT2D eigenvalue weighted by Crippen LogP contribution is 2.10. The Morgan fingerprint density at radius 1 is 0.920 bits per heavy atom. The third kappa shape index (κ3) is 8.16. The van der Waals surface area contributed by atoms with E-state index in [4.69, 9.17) is 11.5 Å². The largest absolute Gasteiger partial charge is 0.472 e. The quantitative estimate of drug-likeness (QED) is 0.873. The topological polar surface area (TPSA) is 43.8 Å². The summed E-state index contributed by atoms with van der Waals surface area (Å²) in [5, 5.41) is 8.30. The monoisotopic (exact) mass is 334 g/mol. The minimum atomic E-state index is -1.09. The van der Waals surface area contributed by atoms with Crippen LogP contribution in [0.2, 0.25) is 0 Å². The van der Waals surface area contributed by atoms with Gasteiger partial charge in [-0.05, 0) is 24.3 Å². The molecule has 0 radical (unpaired) electrons. The van der Waals surface area contributed by atoms with Crippen molar-refractivity contribution in [3.8, 4) is 24.2 Å². The molecule has 2 rings (SSSR count). The first-order chi connectivity index (χ1) is 12.0. The van der Waals surface area contributed by atoms with Gasteiger partial charge in [0, 0.05) is 31.4 Å². The molecule has 0 aliphatic carbocycles. The predicted molar refractivity (Wildman–Crippen MR) is 104 cm³/mol. The van der Waals surface area contributed by atoms with Crippen molar-refractivity contribution in [2.45, 2.75) is 0 Å². The van der Waals surface area contributed by atoms with E-state index in [0.29, 0.717) is 13.1 Å². The molecule has 0 aromatic heterocycles. The molecule has 128 valence electrons. The Hall–Kier alpha value is -3.37. The van der Waals surface area contributed by atoms with E-state index in [-0.39, 0.29) is 0 Å². The maximum absolute atomic E-state index is 10.1. The lowest BCUT2D eigenvalue weighted by Crippen LogP contribution is -2.16. The maximum Gasteiger partial charge on any atom is 0.381 e. The molecule has 0 heterocycles. The van der Waals surface area contributed by atoms with Crippen LogP contribution < -0.4 is 9.80 Å². The Kier molecular flexibility index (Phi) is 8.82. The van der Waals surface area contributed by atoms with Crippen molar-refractivity contribution >= 4 is 17.3 Å². The summed E-state index contributed by atoms with van der Waals surface area (Å²) in [6.07, 6.45) is 5.18. The molecule has 0 unspecified atom stereocenters. The summed E-state index contributed by atoms with van der Waals surface area (Å²) in [7, 11) is 3.85. The molecule has 0 fully saturated rings. The van der Waals surface area contributed by atoms with Gasteiger partial charge in [0.15, 0.2) is 0 Å². The third-order valence-corrected chi connectivity index (χ3v) is 3.23. The van der Waals surface area contributed by atoms with Gasteiger partial charge in [-0.15, -0.1) is 6.42 Å².